The lowest BCUT2D eigenvalue weighted by Gasteiger charge is -2.41. The number of pyridine rings is 1. The van der Waals surface area contributed by atoms with Crippen molar-refractivity contribution in [3.05, 3.63) is 47.7 Å². The zero-order valence-electron chi connectivity index (χ0n) is 38.7. The molecule has 0 saturated carbocycles. The third kappa shape index (κ3) is 9.05. The molecule has 3 aliphatic heterocycles. The first kappa shape index (κ1) is 46.3. The van der Waals surface area contributed by atoms with Crippen LogP contribution in [-0.4, -0.2) is 116 Å². The van der Waals surface area contributed by atoms with Crippen molar-refractivity contribution in [3.63, 3.8) is 0 Å². The Labute approximate surface area is 371 Å². The summed E-state index contributed by atoms with van der Waals surface area (Å²) in [6.07, 6.45) is 2.19. The summed E-state index contributed by atoms with van der Waals surface area (Å²) in [5, 5.41) is 1.32. The van der Waals surface area contributed by atoms with E-state index in [0.717, 1.165) is 19.4 Å². The first-order valence-corrected chi connectivity index (χ1v) is 24.6. The van der Waals surface area contributed by atoms with Crippen LogP contribution >= 0.6 is 0 Å². The Hall–Kier alpha value is -4.65. The average Bonchev–Trinajstić information content (AvgIpc) is 3.74. The SMILES string of the molecule is COCOc1cc(-c2ncc3c(N4CCN(C(=O)OC(C)(C)C)C[C@@H]4C)nc(OC[C@@]45CCCN4C[C@H](F)C5)nc3c2F)c2c(C#C[Si](C(C)C)(C(C)C)C(C)C)c(F)ccc2c1. The maximum Gasteiger partial charge on any atom is 0.410 e. The number of halogens is 3. The molecular formula is C48H63F3N6O5Si. The van der Waals surface area contributed by atoms with Gasteiger partial charge in [0.15, 0.2) is 12.6 Å². The maximum absolute atomic E-state index is 17.8. The highest BCUT2D eigenvalue weighted by molar-refractivity contribution is 6.90. The van der Waals surface area contributed by atoms with Crippen LogP contribution < -0.4 is 14.4 Å². The van der Waals surface area contributed by atoms with Crippen LogP contribution in [0.4, 0.5) is 23.8 Å². The Morgan fingerprint density at radius 3 is 2.40 bits per heavy atom. The second-order valence-electron chi connectivity index (χ2n) is 19.5. The van der Waals surface area contributed by atoms with Crippen molar-refractivity contribution in [1.82, 2.24) is 24.8 Å². The van der Waals surface area contributed by atoms with Crippen molar-refractivity contribution in [2.75, 3.05) is 58.1 Å². The van der Waals surface area contributed by atoms with Crippen LogP contribution in [-0.2, 0) is 9.47 Å². The third-order valence-corrected chi connectivity index (χ3v) is 19.6. The van der Waals surface area contributed by atoms with Gasteiger partial charge in [0.2, 0.25) is 0 Å². The fraction of sp³-hybridized carbons (Fsp3) is 0.583. The minimum absolute atomic E-state index is 0.0522. The van der Waals surface area contributed by atoms with Gasteiger partial charge >= 0.3 is 12.1 Å². The van der Waals surface area contributed by atoms with E-state index in [9.17, 15) is 9.18 Å². The molecule has 3 saturated heterocycles. The van der Waals surface area contributed by atoms with E-state index in [1.54, 1.807) is 23.1 Å². The normalized spacial score (nSPS) is 20.8. The van der Waals surface area contributed by atoms with E-state index < -0.39 is 43.1 Å². The van der Waals surface area contributed by atoms with Crippen molar-refractivity contribution >= 4 is 41.7 Å². The predicted molar refractivity (Wildman–Crippen MR) is 244 cm³/mol. The minimum Gasteiger partial charge on any atom is -0.468 e. The lowest BCUT2D eigenvalue weighted by atomic mass is 9.95. The predicted octanol–water partition coefficient (Wildman–Crippen LogP) is 10.1. The molecule has 0 N–H and O–H groups in total. The van der Waals surface area contributed by atoms with Crippen LogP contribution in [0.25, 0.3) is 32.9 Å². The van der Waals surface area contributed by atoms with Gasteiger partial charge in [-0.1, -0.05) is 53.5 Å². The molecule has 2 aromatic heterocycles. The summed E-state index contributed by atoms with van der Waals surface area (Å²) < 4.78 is 72.2. The third-order valence-electron chi connectivity index (χ3n) is 13.3. The quantitative estimate of drug-likeness (QED) is 0.0822. The largest absolute Gasteiger partial charge is 0.468 e. The molecule has 15 heteroatoms. The fourth-order valence-corrected chi connectivity index (χ4v) is 15.6. The minimum atomic E-state index is -2.33. The molecule has 3 aliphatic rings. The summed E-state index contributed by atoms with van der Waals surface area (Å²) in [6.45, 7) is 22.8. The molecule has 0 spiro atoms. The molecule has 4 aromatic rings. The zero-order valence-corrected chi connectivity index (χ0v) is 39.7. The van der Waals surface area contributed by atoms with E-state index in [1.165, 1.54) is 19.4 Å². The van der Waals surface area contributed by atoms with E-state index in [2.05, 4.69) is 57.9 Å². The van der Waals surface area contributed by atoms with Crippen LogP contribution in [0.2, 0.25) is 16.6 Å². The number of rotatable bonds is 11. The van der Waals surface area contributed by atoms with Crippen molar-refractivity contribution in [2.45, 2.75) is 128 Å². The Morgan fingerprint density at radius 1 is 1.00 bits per heavy atom. The number of ether oxygens (including phenoxy) is 4. The van der Waals surface area contributed by atoms with E-state index in [0.29, 0.717) is 76.9 Å². The number of amides is 1. The highest BCUT2D eigenvalue weighted by Crippen LogP contribution is 2.44. The number of fused-ring (bicyclic) bond motifs is 3. The number of methoxy groups -OCH3 is 1. The molecule has 7 rings (SSSR count). The van der Waals surface area contributed by atoms with Crippen LogP contribution in [0.5, 0.6) is 11.8 Å². The van der Waals surface area contributed by atoms with Crippen molar-refractivity contribution in [3.8, 4) is 34.5 Å². The molecule has 3 fully saturated rings. The van der Waals surface area contributed by atoms with Gasteiger partial charge < -0.3 is 28.7 Å². The van der Waals surface area contributed by atoms with E-state index >= 15 is 8.78 Å². The molecule has 63 heavy (non-hydrogen) atoms. The molecule has 1 amide bonds. The molecule has 5 heterocycles. The van der Waals surface area contributed by atoms with Crippen molar-refractivity contribution in [1.29, 1.82) is 0 Å². The van der Waals surface area contributed by atoms with Gasteiger partial charge in [-0.3, -0.25) is 9.88 Å². The molecule has 0 aliphatic carbocycles. The summed E-state index contributed by atoms with van der Waals surface area (Å²) in [4.78, 5) is 33.3. The maximum atomic E-state index is 17.8. The van der Waals surface area contributed by atoms with Gasteiger partial charge in [0.05, 0.1) is 16.5 Å². The second kappa shape index (κ2) is 18.1. The fourth-order valence-electron chi connectivity index (χ4n) is 10.4. The van der Waals surface area contributed by atoms with Crippen LogP contribution in [0.15, 0.2) is 30.5 Å². The molecule has 3 atom stereocenters. The molecule has 340 valence electrons. The number of alkyl halides is 1. The van der Waals surface area contributed by atoms with Crippen molar-refractivity contribution in [2.24, 2.45) is 0 Å². The van der Waals surface area contributed by atoms with Gasteiger partial charge in [-0.25, -0.2) is 18.0 Å². The Kier molecular flexibility index (Phi) is 13.3. The van der Waals surface area contributed by atoms with Crippen LogP contribution in [0, 0.1) is 23.1 Å². The number of piperazine rings is 1. The topological polar surface area (TPSA) is 102 Å². The van der Waals surface area contributed by atoms with Crippen molar-refractivity contribution < 1.29 is 36.9 Å². The van der Waals surface area contributed by atoms with Gasteiger partial charge in [-0.05, 0) is 87.3 Å². The van der Waals surface area contributed by atoms with Crippen LogP contribution in [0.1, 0.15) is 94.1 Å². The number of benzene rings is 2. The van der Waals surface area contributed by atoms with Gasteiger partial charge in [-0.15, -0.1) is 5.54 Å². The number of hydrogen-bond donors (Lipinski definition) is 0. The molecular weight excluding hydrogens is 826 g/mol. The number of nitrogens with zero attached hydrogens (tertiary/aromatic N) is 6. The highest BCUT2D eigenvalue weighted by Gasteiger charge is 2.49. The standard InChI is InChI=1S/C48H63F3N6O5Si/c1-29(2)63(30(3)4,31(5)6)20-15-36-39(50)14-13-33-21-35(61-28-59-11)22-37(40(33)36)42-41(51)43-38(24-52-42)44(57-19-18-55(25-32(57)7)46(58)62-47(8,9)10)54-45(53-43)60-27-48-16-12-17-56(48)26-34(49)23-48/h13-14,21-22,24,29-32,34H,12,16-19,23,25-28H2,1-11H3/t32-,34+,48-/m0/s1. The first-order valence-electron chi connectivity index (χ1n) is 22.3. The smallest absolute Gasteiger partial charge is 0.410 e. The summed E-state index contributed by atoms with van der Waals surface area (Å²) in [5.41, 5.74) is 3.70. The number of hydrogen-bond acceptors (Lipinski definition) is 10. The highest BCUT2D eigenvalue weighted by atomic mass is 28.3. The Morgan fingerprint density at radius 2 is 1.73 bits per heavy atom. The Balaban J connectivity index is 1.40. The van der Waals surface area contributed by atoms with Gasteiger partial charge in [0.25, 0.3) is 0 Å². The molecule has 0 radical (unpaired) electrons. The summed E-state index contributed by atoms with van der Waals surface area (Å²) in [5.74, 6) is 2.79. The number of carbonyl (C=O) groups is 1. The lowest BCUT2D eigenvalue weighted by Crippen LogP contribution is -2.55. The first-order chi connectivity index (χ1) is 29.8. The summed E-state index contributed by atoms with van der Waals surface area (Å²) >= 11 is 0. The van der Waals surface area contributed by atoms with Gasteiger partial charge in [-0.2, -0.15) is 9.97 Å². The molecule has 2 aromatic carbocycles. The number of anilines is 1. The zero-order chi connectivity index (χ0) is 45.6. The van der Waals surface area contributed by atoms with E-state index in [4.69, 9.17) is 33.9 Å². The number of carbonyl (C=O) groups excluding carboxylic acids is 1. The monoisotopic (exact) mass is 888 g/mol. The van der Waals surface area contributed by atoms with Crippen LogP contribution in [0.3, 0.4) is 0 Å². The average molecular weight is 889 g/mol. The molecule has 0 unspecified atom stereocenters. The summed E-state index contributed by atoms with van der Waals surface area (Å²) in [7, 11) is -0.821. The molecule has 11 nitrogen and oxygen atoms in total. The lowest BCUT2D eigenvalue weighted by molar-refractivity contribution is 0.0218. The number of aromatic nitrogens is 3. The van der Waals surface area contributed by atoms with Gasteiger partial charge in [0.1, 0.15) is 55.0 Å². The van der Waals surface area contributed by atoms with E-state index in [1.807, 2.05) is 32.6 Å². The Bertz CT molecular complexity index is 2400. The molecule has 0 bridgehead atoms. The van der Waals surface area contributed by atoms with Gasteiger partial charge in [0, 0.05) is 62.9 Å². The van der Waals surface area contributed by atoms with E-state index in [-0.39, 0.29) is 47.8 Å². The second-order valence-corrected chi connectivity index (χ2v) is 25.1. The summed E-state index contributed by atoms with van der Waals surface area (Å²) in [6, 6.07) is 6.09.